The fraction of sp³-hybridized carbons (Fsp3) is 0.680. The third kappa shape index (κ3) is 26.5. The molecule has 0 aromatic heterocycles. The molecule has 1 rings (SSSR count). The van der Waals surface area contributed by atoms with Crippen LogP contribution in [0.3, 0.4) is 0 Å². The van der Waals surface area contributed by atoms with E-state index in [-0.39, 0.29) is 0 Å². The number of rotatable bonds is 18. The first-order chi connectivity index (χ1) is 15.3. The molecule has 0 amide bonds. The number of ether oxygens (including phenoxy) is 1. The van der Waals surface area contributed by atoms with E-state index < -0.39 is 10.4 Å². The highest BCUT2D eigenvalue weighted by Crippen LogP contribution is 2.14. The summed E-state index contributed by atoms with van der Waals surface area (Å²) in [6, 6.07) is 7.66. The standard InChI is InChI=1S/C25H43NO.H2O4S/c1-2-3-4-5-6-7-8-9-10-11-12-13-14-15-16-17-18-23-27-25-21-19-24(26)20-22-25;1-5(2,3)4/h9-10,19-22H,2-8,11-18,23,26H2,1H3;(H2,1,2,3,4). The van der Waals surface area contributed by atoms with Crippen LogP contribution in [0.4, 0.5) is 5.69 Å². The lowest BCUT2D eigenvalue weighted by Crippen LogP contribution is -1.97. The number of nitrogen functional groups attached to an aromatic ring is 1. The first-order valence-corrected chi connectivity index (χ1v) is 13.6. The number of allylic oxidation sites excluding steroid dienone is 2. The van der Waals surface area contributed by atoms with E-state index in [0.717, 1.165) is 24.5 Å². The second-order valence-corrected chi connectivity index (χ2v) is 9.05. The van der Waals surface area contributed by atoms with Gasteiger partial charge in [-0.1, -0.05) is 83.3 Å². The quantitative estimate of drug-likeness (QED) is 0.0889. The minimum atomic E-state index is -4.67. The van der Waals surface area contributed by atoms with Crippen molar-refractivity contribution in [2.24, 2.45) is 0 Å². The second kappa shape index (κ2) is 21.3. The SMILES string of the molecule is CCCCCCCCC=CCCCCCCCCCOc1ccc(N)cc1.O=S(=O)(O)O. The number of nitrogens with two attached hydrogens (primary N) is 1. The van der Waals surface area contributed by atoms with Gasteiger partial charge in [-0.3, -0.25) is 9.11 Å². The van der Waals surface area contributed by atoms with Crippen LogP contribution in [0.5, 0.6) is 5.75 Å². The van der Waals surface area contributed by atoms with Crippen LogP contribution in [0.1, 0.15) is 103 Å². The number of anilines is 1. The van der Waals surface area contributed by atoms with E-state index in [1.807, 2.05) is 24.3 Å². The van der Waals surface area contributed by atoms with Crippen molar-refractivity contribution in [2.45, 2.75) is 103 Å². The summed E-state index contributed by atoms with van der Waals surface area (Å²) in [5.74, 6) is 0.925. The van der Waals surface area contributed by atoms with Gasteiger partial charge >= 0.3 is 10.4 Å². The predicted octanol–water partition coefficient (Wildman–Crippen LogP) is 7.42. The molecule has 0 aliphatic heterocycles. The van der Waals surface area contributed by atoms with Gasteiger partial charge in [0.05, 0.1) is 6.61 Å². The molecule has 0 fully saturated rings. The number of unbranched alkanes of at least 4 members (excludes halogenated alkanes) is 13. The molecule has 0 radical (unpaired) electrons. The van der Waals surface area contributed by atoms with Gasteiger partial charge in [-0.2, -0.15) is 8.42 Å². The van der Waals surface area contributed by atoms with E-state index in [1.54, 1.807) is 0 Å². The zero-order valence-corrected chi connectivity index (χ0v) is 20.7. The summed E-state index contributed by atoms with van der Waals surface area (Å²) in [7, 11) is -4.67. The zero-order chi connectivity index (χ0) is 23.9. The summed E-state index contributed by atoms with van der Waals surface area (Å²) in [4.78, 5) is 0. The molecule has 0 spiro atoms. The molecule has 186 valence electrons. The van der Waals surface area contributed by atoms with Crippen LogP contribution in [0.15, 0.2) is 36.4 Å². The Kier molecular flexibility index (Phi) is 20.2. The lowest BCUT2D eigenvalue weighted by molar-refractivity contribution is 0.304. The van der Waals surface area contributed by atoms with Gasteiger partial charge in [0.15, 0.2) is 0 Å². The van der Waals surface area contributed by atoms with Crippen LogP contribution in [-0.2, 0) is 10.4 Å². The normalized spacial score (nSPS) is 11.3. The Morgan fingerprint density at radius 1 is 0.750 bits per heavy atom. The summed E-state index contributed by atoms with van der Waals surface area (Å²) >= 11 is 0. The molecule has 7 heteroatoms. The maximum absolute atomic E-state index is 8.74. The van der Waals surface area contributed by atoms with Crippen molar-refractivity contribution in [1.82, 2.24) is 0 Å². The third-order valence-corrected chi connectivity index (χ3v) is 5.05. The van der Waals surface area contributed by atoms with Crippen molar-refractivity contribution in [3.05, 3.63) is 36.4 Å². The molecule has 0 atom stereocenters. The molecule has 32 heavy (non-hydrogen) atoms. The number of hydrogen-bond acceptors (Lipinski definition) is 4. The Labute approximate surface area is 196 Å². The van der Waals surface area contributed by atoms with Gasteiger partial charge in [-0.15, -0.1) is 0 Å². The number of benzene rings is 1. The molecule has 0 bridgehead atoms. The van der Waals surface area contributed by atoms with E-state index in [1.165, 1.54) is 89.9 Å². The Morgan fingerprint density at radius 2 is 1.16 bits per heavy atom. The van der Waals surface area contributed by atoms with Gasteiger partial charge in [0, 0.05) is 5.69 Å². The van der Waals surface area contributed by atoms with Crippen molar-refractivity contribution in [3.63, 3.8) is 0 Å². The fourth-order valence-corrected chi connectivity index (χ4v) is 3.28. The van der Waals surface area contributed by atoms with Crippen molar-refractivity contribution < 1.29 is 22.3 Å². The smallest absolute Gasteiger partial charge is 0.394 e. The predicted molar refractivity (Wildman–Crippen MR) is 135 cm³/mol. The molecule has 0 aliphatic rings. The van der Waals surface area contributed by atoms with Crippen LogP contribution in [0.25, 0.3) is 0 Å². The highest BCUT2D eigenvalue weighted by Gasteiger charge is 1.95. The molecule has 6 nitrogen and oxygen atoms in total. The van der Waals surface area contributed by atoms with Gasteiger partial charge in [-0.25, -0.2) is 0 Å². The average molecular weight is 472 g/mol. The average Bonchev–Trinajstić information content (AvgIpc) is 2.73. The first-order valence-electron chi connectivity index (χ1n) is 12.2. The largest absolute Gasteiger partial charge is 0.494 e. The van der Waals surface area contributed by atoms with Gasteiger partial charge in [0.25, 0.3) is 0 Å². The molecule has 0 aliphatic carbocycles. The molecule has 0 unspecified atom stereocenters. The third-order valence-electron chi connectivity index (χ3n) is 5.05. The van der Waals surface area contributed by atoms with Crippen LogP contribution in [0, 0.1) is 0 Å². The van der Waals surface area contributed by atoms with E-state index in [9.17, 15) is 0 Å². The maximum atomic E-state index is 8.74. The van der Waals surface area contributed by atoms with E-state index >= 15 is 0 Å². The molecule has 4 N–H and O–H groups in total. The van der Waals surface area contributed by atoms with E-state index in [4.69, 9.17) is 28.0 Å². The summed E-state index contributed by atoms with van der Waals surface area (Å²) < 4.78 is 37.3. The molecular weight excluding hydrogens is 426 g/mol. The zero-order valence-electron chi connectivity index (χ0n) is 19.9. The molecule has 1 aromatic rings. The molecule has 0 heterocycles. The van der Waals surface area contributed by atoms with Gasteiger partial charge < -0.3 is 10.5 Å². The lowest BCUT2D eigenvalue weighted by Gasteiger charge is -2.06. The minimum Gasteiger partial charge on any atom is -0.494 e. The van der Waals surface area contributed by atoms with E-state index in [2.05, 4.69) is 19.1 Å². The Morgan fingerprint density at radius 3 is 1.62 bits per heavy atom. The minimum absolute atomic E-state index is 0.788. The molecule has 0 saturated heterocycles. The highest BCUT2D eigenvalue weighted by atomic mass is 32.3. The Bertz CT molecular complexity index is 651. The summed E-state index contributed by atoms with van der Waals surface area (Å²) in [5.41, 5.74) is 6.45. The van der Waals surface area contributed by atoms with Crippen LogP contribution >= 0.6 is 0 Å². The summed E-state index contributed by atoms with van der Waals surface area (Å²) in [6.07, 6.45) is 25.0. The van der Waals surface area contributed by atoms with Gasteiger partial charge in [-0.05, 0) is 56.4 Å². The maximum Gasteiger partial charge on any atom is 0.394 e. The Hall–Kier alpha value is -1.57. The van der Waals surface area contributed by atoms with E-state index in [0.29, 0.717) is 0 Å². The number of hydrogen-bond donors (Lipinski definition) is 3. The second-order valence-electron chi connectivity index (χ2n) is 8.16. The lowest BCUT2D eigenvalue weighted by atomic mass is 10.1. The van der Waals surface area contributed by atoms with Crippen molar-refractivity contribution in [2.75, 3.05) is 12.3 Å². The van der Waals surface area contributed by atoms with Crippen molar-refractivity contribution in [1.29, 1.82) is 0 Å². The van der Waals surface area contributed by atoms with Gasteiger partial charge in [0.1, 0.15) is 5.75 Å². The highest BCUT2D eigenvalue weighted by molar-refractivity contribution is 7.79. The molecular formula is C25H45NO5S. The topological polar surface area (TPSA) is 110 Å². The van der Waals surface area contributed by atoms with Gasteiger partial charge in [0.2, 0.25) is 0 Å². The fourth-order valence-electron chi connectivity index (χ4n) is 3.28. The monoisotopic (exact) mass is 471 g/mol. The summed E-state index contributed by atoms with van der Waals surface area (Å²) in [6.45, 7) is 3.09. The summed E-state index contributed by atoms with van der Waals surface area (Å²) in [5, 5.41) is 0. The first kappa shape index (κ1) is 30.4. The van der Waals surface area contributed by atoms with Crippen LogP contribution < -0.4 is 10.5 Å². The van der Waals surface area contributed by atoms with Crippen LogP contribution in [-0.4, -0.2) is 24.1 Å². The molecule has 0 saturated carbocycles. The van der Waals surface area contributed by atoms with Crippen molar-refractivity contribution in [3.8, 4) is 5.75 Å². The van der Waals surface area contributed by atoms with Crippen LogP contribution in [0.2, 0.25) is 0 Å². The van der Waals surface area contributed by atoms with Crippen molar-refractivity contribution >= 4 is 16.1 Å². The molecule has 1 aromatic carbocycles. The Balaban J connectivity index is 0.00000172.